The number of carbonyl (C=O) groups excluding carboxylic acids is 1. The summed E-state index contributed by atoms with van der Waals surface area (Å²) in [5, 5.41) is 1.07. The van der Waals surface area contributed by atoms with E-state index in [2.05, 4.69) is 11.1 Å². The molecule has 5 rings (SSSR count). The molecule has 0 bridgehead atoms. The Bertz CT molecular complexity index is 1260. The van der Waals surface area contributed by atoms with Crippen molar-refractivity contribution in [3.05, 3.63) is 59.5 Å². The van der Waals surface area contributed by atoms with E-state index in [9.17, 15) is 4.79 Å². The molecule has 5 nitrogen and oxygen atoms in total. The molecule has 0 atom stereocenters. The van der Waals surface area contributed by atoms with E-state index in [1.165, 1.54) is 0 Å². The highest BCUT2D eigenvalue weighted by atomic mass is 19.1. The number of hydrogen-bond acceptors (Lipinski definition) is 4. The first kappa shape index (κ1) is 22.6. The molecule has 0 radical (unpaired) electrons. The van der Waals surface area contributed by atoms with Gasteiger partial charge >= 0.3 is 6.09 Å². The van der Waals surface area contributed by atoms with Crippen LogP contribution in [0.25, 0.3) is 22.0 Å². The van der Waals surface area contributed by atoms with Gasteiger partial charge in [-0.3, -0.25) is 4.98 Å². The molecule has 0 N–H and O–H groups in total. The molecule has 34 heavy (non-hydrogen) atoms. The average Bonchev–Trinajstić information content (AvgIpc) is 2.79. The summed E-state index contributed by atoms with van der Waals surface area (Å²) in [4.78, 5) is 18.7. The van der Waals surface area contributed by atoms with Gasteiger partial charge in [-0.25, -0.2) is 9.18 Å². The van der Waals surface area contributed by atoms with Crippen molar-refractivity contribution in [3.8, 4) is 16.9 Å². The van der Waals surface area contributed by atoms with Crippen molar-refractivity contribution in [2.75, 3.05) is 13.1 Å². The molecular weight excluding hydrogens is 431 g/mol. The van der Waals surface area contributed by atoms with Gasteiger partial charge in [0.05, 0.1) is 5.52 Å². The predicted molar refractivity (Wildman–Crippen MR) is 131 cm³/mol. The minimum absolute atomic E-state index is 0.297. The molecular formula is C28H31FN2O3. The van der Waals surface area contributed by atoms with E-state index in [1.54, 1.807) is 17.2 Å². The van der Waals surface area contributed by atoms with Crippen LogP contribution in [0.3, 0.4) is 0 Å². The van der Waals surface area contributed by atoms with Crippen LogP contribution >= 0.6 is 0 Å². The van der Waals surface area contributed by atoms with Gasteiger partial charge < -0.3 is 14.4 Å². The van der Waals surface area contributed by atoms with Gasteiger partial charge in [-0.2, -0.15) is 0 Å². The number of fused-ring (bicyclic) bond motifs is 2. The molecule has 0 unspecified atom stereocenters. The van der Waals surface area contributed by atoms with E-state index >= 15 is 4.39 Å². The molecule has 3 heterocycles. The summed E-state index contributed by atoms with van der Waals surface area (Å²) >= 11 is 0. The van der Waals surface area contributed by atoms with Crippen molar-refractivity contribution in [2.24, 2.45) is 0 Å². The fraction of sp³-hybridized carbons (Fsp3) is 0.429. The van der Waals surface area contributed by atoms with Crippen LogP contribution in [0.2, 0.25) is 0 Å². The number of pyridine rings is 1. The maximum atomic E-state index is 15.4. The molecule has 1 aromatic heterocycles. The molecule has 3 aromatic rings. The van der Waals surface area contributed by atoms with E-state index in [1.807, 2.05) is 52.0 Å². The third-order valence-electron chi connectivity index (χ3n) is 6.95. The topological polar surface area (TPSA) is 51.7 Å². The highest BCUT2D eigenvalue weighted by molar-refractivity contribution is 5.88. The molecule has 2 aliphatic rings. The second-order valence-electron chi connectivity index (χ2n) is 10.5. The smallest absolute Gasteiger partial charge is 0.410 e. The number of halogens is 1. The molecule has 6 heteroatoms. The molecule has 1 amide bonds. The van der Waals surface area contributed by atoms with Crippen molar-refractivity contribution in [1.29, 1.82) is 0 Å². The van der Waals surface area contributed by atoms with Crippen molar-refractivity contribution >= 4 is 17.0 Å². The van der Waals surface area contributed by atoms with Crippen LogP contribution in [0.5, 0.6) is 5.75 Å². The minimum Gasteiger partial charge on any atom is -0.484 e. The fourth-order valence-electron chi connectivity index (χ4n) is 5.12. The van der Waals surface area contributed by atoms with Crippen molar-refractivity contribution in [1.82, 2.24) is 9.88 Å². The number of carbonyl (C=O) groups is 1. The van der Waals surface area contributed by atoms with E-state index in [0.717, 1.165) is 46.0 Å². The van der Waals surface area contributed by atoms with Crippen LogP contribution in [0, 0.1) is 12.7 Å². The Morgan fingerprint density at radius 3 is 2.65 bits per heavy atom. The second kappa shape index (κ2) is 8.26. The van der Waals surface area contributed by atoms with E-state index in [0.29, 0.717) is 31.7 Å². The number of hydrogen-bond donors (Lipinski definition) is 0. The number of nitrogens with zero attached hydrogens (tertiary/aromatic N) is 2. The lowest BCUT2D eigenvalue weighted by molar-refractivity contribution is -0.0291. The number of ether oxygens (including phenoxy) is 2. The lowest BCUT2D eigenvalue weighted by atomic mass is 9.82. The van der Waals surface area contributed by atoms with Gasteiger partial charge in [0.15, 0.2) is 11.6 Å². The molecule has 1 saturated heterocycles. The van der Waals surface area contributed by atoms with Gasteiger partial charge in [-0.15, -0.1) is 0 Å². The van der Waals surface area contributed by atoms with Crippen LogP contribution in [-0.4, -0.2) is 40.3 Å². The molecule has 1 fully saturated rings. The van der Waals surface area contributed by atoms with Gasteiger partial charge in [0.2, 0.25) is 0 Å². The van der Waals surface area contributed by atoms with Crippen LogP contribution in [-0.2, 0) is 11.2 Å². The molecule has 2 aliphatic heterocycles. The largest absolute Gasteiger partial charge is 0.484 e. The zero-order valence-corrected chi connectivity index (χ0v) is 20.3. The number of likely N-dealkylation sites (tertiary alicyclic amines) is 1. The summed E-state index contributed by atoms with van der Waals surface area (Å²) in [5.41, 5.74) is 3.75. The van der Waals surface area contributed by atoms with Crippen molar-refractivity contribution in [2.45, 2.75) is 64.6 Å². The van der Waals surface area contributed by atoms with E-state index in [4.69, 9.17) is 9.47 Å². The number of amides is 1. The lowest BCUT2D eigenvalue weighted by Gasteiger charge is -2.44. The molecule has 0 saturated carbocycles. The molecule has 178 valence electrons. The highest BCUT2D eigenvalue weighted by Gasteiger charge is 2.42. The molecule has 1 spiro atoms. The maximum absolute atomic E-state index is 15.4. The summed E-state index contributed by atoms with van der Waals surface area (Å²) in [6, 6.07) is 11.7. The standard InChI is InChI=1S/C28H31FN2O3/c1-18-22(8-7-19-6-5-13-30-24(18)19)21-16-20-9-10-28(33-25(20)23(29)17-21)11-14-31(15-12-28)26(32)34-27(2,3)4/h5-8,13,16-17H,9-12,14-15H2,1-4H3. The first-order valence-corrected chi connectivity index (χ1v) is 12.0. The Labute approximate surface area is 199 Å². The summed E-state index contributed by atoms with van der Waals surface area (Å²) in [6.45, 7) is 8.73. The van der Waals surface area contributed by atoms with Crippen LogP contribution in [0.4, 0.5) is 9.18 Å². The number of piperidine rings is 1. The van der Waals surface area contributed by atoms with Gasteiger partial charge in [0.1, 0.15) is 11.2 Å². The SMILES string of the molecule is Cc1c(-c2cc(F)c3c(c2)CCC2(CCN(C(=O)OC(C)(C)C)CC2)O3)ccc2cccnc12. The summed E-state index contributed by atoms with van der Waals surface area (Å²) in [7, 11) is 0. The lowest BCUT2D eigenvalue weighted by Crippen LogP contribution is -2.52. The summed E-state index contributed by atoms with van der Waals surface area (Å²) < 4.78 is 27.2. The maximum Gasteiger partial charge on any atom is 0.410 e. The number of aromatic nitrogens is 1. The Balaban J connectivity index is 1.36. The Hall–Kier alpha value is -3.15. The zero-order chi connectivity index (χ0) is 24.1. The van der Waals surface area contributed by atoms with Crippen LogP contribution in [0.15, 0.2) is 42.6 Å². The van der Waals surface area contributed by atoms with Gasteiger partial charge in [-0.1, -0.05) is 18.2 Å². The highest BCUT2D eigenvalue weighted by Crippen LogP contribution is 2.43. The minimum atomic E-state index is -0.521. The van der Waals surface area contributed by atoms with Crippen molar-refractivity contribution < 1.29 is 18.7 Å². The second-order valence-corrected chi connectivity index (χ2v) is 10.5. The van der Waals surface area contributed by atoms with Crippen molar-refractivity contribution in [3.63, 3.8) is 0 Å². The number of aryl methyl sites for hydroxylation is 2. The third kappa shape index (κ3) is 4.22. The fourth-order valence-corrected chi connectivity index (χ4v) is 5.12. The zero-order valence-electron chi connectivity index (χ0n) is 20.3. The summed E-state index contributed by atoms with van der Waals surface area (Å²) in [6.07, 6.45) is 4.38. The Kier molecular flexibility index (Phi) is 5.50. The number of rotatable bonds is 1. The normalized spacial score (nSPS) is 17.4. The third-order valence-corrected chi connectivity index (χ3v) is 6.95. The van der Waals surface area contributed by atoms with Gasteiger partial charge in [0.25, 0.3) is 0 Å². The number of benzene rings is 2. The van der Waals surface area contributed by atoms with E-state index in [-0.39, 0.29) is 11.9 Å². The molecule has 0 aliphatic carbocycles. The van der Waals surface area contributed by atoms with Gasteiger partial charge in [-0.05, 0) is 81.0 Å². The first-order valence-electron chi connectivity index (χ1n) is 12.0. The first-order chi connectivity index (χ1) is 16.1. The van der Waals surface area contributed by atoms with Gasteiger partial charge in [0, 0.05) is 37.5 Å². The summed E-state index contributed by atoms with van der Waals surface area (Å²) in [5.74, 6) is 0.0268. The monoisotopic (exact) mass is 462 g/mol. The van der Waals surface area contributed by atoms with Crippen LogP contribution < -0.4 is 4.74 Å². The average molecular weight is 463 g/mol. The predicted octanol–water partition coefficient (Wildman–Crippen LogP) is 6.44. The quantitative estimate of drug-likeness (QED) is 0.417. The van der Waals surface area contributed by atoms with Crippen LogP contribution in [0.1, 0.15) is 51.2 Å². The Morgan fingerprint density at radius 1 is 1.15 bits per heavy atom. The molecule has 2 aromatic carbocycles. The Morgan fingerprint density at radius 2 is 1.91 bits per heavy atom. The van der Waals surface area contributed by atoms with E-state index < -0.39 is 11.2 Å².